The number of anilines is 1. The fourth-order valence-electron chi connectivity index (χ4n) is 2.64. The van der Waals surface area contributed by atoms with E-state index in [0.29, 0.717) is 11.3 Å². The number of nitrogens with zero attached hydrogens (tertiary/aromatic N) is 1. The Morgan fingerprint density at radius 2 is 1.96 bits per heavy atom. The molecule has 2 rings (SSSR count). The lowest BCUT2D eigenvalue weighted by Gasteiger charge is -2.26. The van der Waals surface area contributed by atoms with Crippen LogP contribution in [-0.2, 0) is 14.3 Å². The second-order valence-electron chi connectivity index (χ2n) is 6.83. The molecule has 0 fully saturated rings. The number of carbonyl (C=O) groups excluding carboxylic acids is 2. The number of fused-ring (bicyclic) bond motifs is 1. The lowest BCUT2D eigenvalue weighted by Crippen LogP contribution is -2.50. The van der Waals surface area contributed by atoms with Crippen molar-refractivity contribution in [1.82, 2.24) is 5.32 Å². The maximum atomic E-state index is 12.8. The lowest BCUT2D eigenvalue weighted by molar-refractivity contribution is -0.136. The van der Waals surface area contributed by atoms with Crippen LogP contribution in [0.15, 0.2) is 24.3 Å². The van der Waals surface area contributed by atoms with E-state index >= 15 is 0 Å². The van der Waals surface area contributed by atoms with E-state index in [1.165, 1.54) is 0 Å². The molecule has 2 atom stereocenters. The Labute approximate surface area is 145 Å². The van der Waals surface area contributed by atoms with Crippen molar-refractivity contribution in [3.05, 3.63) is 29.8 Å². The average molecular weight is 350 g/mol. The quantitative estimate of drug-likeness (QED) is 0.759. The fourth-order valence-corrected chi connectivity index (χ4v) is 2.64. The number of rotatable bonds is 3. The average Bonchev–Trinajstić information content (AvgIpc) is 2.57. The minimum atomic E-state index is -1.20. The molecule has 25 heavy (non-hydrogen) atoms. The van der Waals surface area contributed by atoms with E-state index in [4.69, 9.17) is 9.84 Å². The zero-order valence-electron chi connectivity index (χ0n) is 14.4. The Balaban J connectivity index is 2.31. The first kappa shape index (κ1) is 18.7. The number of carboxylic acids is 1. The van der Waals surface area contributed by atoms with Gasteiger partial charge in [0.1, 0.15) is 18.2 Å². The van der Waals surface area contributed by atoms with Gasteiger partial charge in [-0.3, -0.25) is 14.5 Å². The molecule has 1 aliphatic rings. The zero-order chi connectivity index (χ0) is 18.8. The Hall–Kier alpha value is -2.61. The second kappa shape index (κ2) is 7.10. The number of amides is 2. The van der Waals surface area contributed by atoms with E-state index in [9.17, 15) is 19.5 Å². The predicted octanol–water partition coefficient (Wildman–Crippen LogP) is 1.43. The minimum Gasteiger partial charge on any atom is -0.480 e. The summed E-state index contributed by atoms with van der Waals surface area (Å²) in [6, 6.07) is 5.42. The van der Waals surface area contributed by atoms with Crippen LogP contribution in [0.25, 0.3) is 0 Å². The number of hydrogen-bond donors (Lipinski definition) is 3. The van der Waals surface area contributed by atoms with E-state index in [2.05, 4.69) is 5.32 Å². The number of carboxylic acid groups (broad SMARTS) is 1. The number of aliphatic hydroxyl groups excluding tert-OH is 1. The van der Waals surface area contributed by atoms with Gasteiger partial charge in [0.15, 0.2) is 0 Å². The molecule has 8 heteroatoms. The molecule has 136 valence electrons. The number of nitrogens with one attached hydrogen (secondary N) is 1. The van der Waals surface area contributed by atoms with Gasteiger partial charge >= 0.3 is 12.1 Å². The number of hydrogen-bond acceptors (Lipinski definition) is 5. The maximum Gasteiger partial charge on any atom is 0.408 e. The molecule has 0 spiro atoms. The van der Waals surface area contributed by atoms with Crippen molar-refractivity contribution in [1.29, 1.82) is 0 Å². The number of carbonyl (C=O) groups is 3. The largest absolute Gasteiger partial charge is 0.480 e. The second-order valence-corrected chi connectivity index (χ2v) is 6.83. The van der Waals surface area contributed by atoms with Gasteiger partial charge in [-0.05, 0) is 26.8 Å². The fraction of sp³-hybridized carbons (Fsp3) is 0.471. The molecule has 0 aliphatic carbocycles. The van der Waals surface area contributed by atoms with E-state index in [1.807, 2.05) is 0 Å². The number of alkyl carbamates (subject to hydrolysis) is 1. The summed E-state index contributed by atoms with van der Waals surface area (Å²) in [5.74, 6) is -1.81. The summed E-state index contributed by atoms with van der Waals surface area (Å²) in [7, 11) is 0. The van der Waals surface area contributed by atoms with Crippen molar-refractivity contribution in [3.63, 3.8) is 0 Å². The summed E-state index contributed by atoms with van der Waals surface area (Å²) in [6.45, 7) is 4.48. The molecule has 0 radical (unpaired) electrons. The van der Waals surface area contributed by atoms with Crippen LogP contribution >= 0.6 is 0 Å². The summed E-state index contributed by atoms with van der Waals surface area (Å²) < 4.78 is 5.14. The molecule has 0 bridgehead atoms. The molecule has 1 aromatic rings. The number of para-hydroxylation sites is 1. The van der Waals surface area contributed by atoms with E-state index in [0.717, 1.165) is 4.90 Å². The standard InChI is InChI=1S/C17H22N2O6/c1-17(2,3)25-16(24)18-11-8-13(20)10-6-4-5-7-12(10)19(15(11)23)9-14(21)22/h4-7,11,13,20H,8-9H2,1-3H3,(H,18,24)(H,21,22)/t11-,13?/m0/s1. The molecule has 1 aromatic carbocycles. The molecule has 0 saturated carbocycles. The van der Waals surface area contributed by atoms with Crippen molar-refractivity contribution < 1.29 is 29.3 Å². The molecule has 3 N–H and O–H groups in total. The molecule has 0 saturated heterocycles. The van der Waals surface area contributed by atoms with Gasteiger partial charge in [0, 0.05) is 12.0 Å². The molecule has 1 aliphatic heterocycles. The van der Waals surface area contributed by atoms with Gasteiger partial charge in [-0.15, -0.1) is 0 Å². The number of aliphatic hydroxyl groups is 1. The molecule has 1 unspecified atom stereocenters. The molecule has 8 nitrogen and oxygen atoms in total. The van der Waals surface area contributed by atoms with Crippen LogP contribution in [0.4, 0.5) is 10.5 Å². The first-order valence-electron chi connectivity index (χ1n) is 7.88. The molecule has 2 amide bonds. The van der Waals surface area contributed by atoms with Gasteiger partial charge in [-0.2, -0.15) is 0 Å². The van der Waals surface area contributed by atoms with Gasteiger partial charge in [-0.1, -0.05) is 18.2 Å². The SMILES string of the molecule is CC(C)(C)OC(=O)N[C@H]1CC(O)c2ccccc2N(CC(=O)O)C1=O. The van der Waals surface area contributed by atoms with Crippen LogP contribution in [0.1, 0.15) is 38.9 Å². The minimum absolute atomic E-state index is 0.0782. The van der Waals surface area contributed by atoms with Gasteiger partial charge in [0.05, 0.1) is 11.8 Å². The maximum absolute atomic E-state index is 12.8. The van der Waals surface area contributed by atoms with Gasteiger partial charge < -0.3 is 20.3 Å². The normalized spacial score (nSPS) is 20.5. The number of benzene rings is 1. The van der Waals surface area contributed by atoms with Crippen LogP contribution in [0.3, 0.4) is 0 Å². The molecule has 1 heterocycles. The summed E-state index contributed by atoms with van der Waals surface area (Å²) in [5, 5.41) is 22.0. The van der Waals surface area contributed by atoms with Crippen molar-refractivity contribution >= 4 is 23.7 Å². The topological polar surface area (TPSA) is 116 Å². The molecular weight excluding hydrogens is 328 g/mol. The van der Waals surface area contributed by atoms with Gasteiger partial charge in [0.2, 0.25) is 5.91 Å². The van der Waals surface area contributed by atoms with E-state index < -0.39 is 42.3 Å². The van der Waals surface area contributed by atoms with Crippen molar-refractivity contribution in [3.8, 4) is 0 Å². The smallest absolute Gasteiger partial charge is 0.408 e. The van der Waals surface area contributed by atoms with Crippen LogP contribution in [0.2, 0.25) is 0 Å². The Bertz CT molecular complexity index is 682. The van der Waals surface area contributed by atoms with Crippen molar-refractivity contribution in [2.45, 2.75) is 44.9 Å². The summed E-state index contributed by atoms with van der Waals surface area (Å²) in [6.07, 6.45) is -1.91. The Kier molecular flexibility index (Phi) is 5.32. The predicted molar refractivity (Wildman–Crippen MR) is 89.2 cm³/mol. The van der Waals surface area contributed by atoms with E-state index in [-0.39, 0.29) is 6.42 Å². The highest BCUT2D eigenvalue weighted by Crippen LogP contribution is 2.33. The highest BCUT2D eigenvalue weighted by molar-refractivity contribution is 6.03. The number of aliphatic carboxylic acids is 1. The summed E-state index contributed by atoms with van der Waals surface area (Å²) in [5.41, 5.74) is 0.00156. The molecular formula is C17H22N2O6. The highest BCUT2D eigenvalue weighted by atomic mass is 16.6. The summed E-state index contributed by atoms with van der Waals surface area (Å²) in [4.78, 5) is 37.0. The van der Waals surface area contributed by atoms with Gasteiger partial charge in [-0.25, -0.2) is 4.79 Å². The Morgan fingerprint density at radius 1 is 1.32 bits per heavy atom. The van der Waals surface area contributed by atoms with Crippen LogP contribution in [0, 0.1) is 0 Å². The first-order valence-corrected chi connectivity index (χ1v) is 7.88. The van der Waals surface area contributed by atoms with Gasteiger partial charge in [0.25, 0.3) is 0 Å². The zero-order valence-corrected chi connectivity index (χ0v) is 14.4. The van der Waals surface area contributed by atoms with Crippen LogP contribution < -0.4 is 10.2 Å². The van der Waals surface area contributed by atoms with Crippen LogP contribution in [-0.4, -0.2) is 46.4 Å². The van der Waals surface area contributed by atoms with Crippen molar-refractivity contribution in [2.24, 2.45) is 0 Å². The molecule has 0 aromatic heterocycles. The number of ether oxygens (including phenoxy) is 1. The first-order chi connectivity index (χ1) is 11.6. The van der Waals surface area contributed by atoms with Crippen LogP contribution in [0.5, 0.6) is 0 Å². The third-order valence-corrected chi connectivity index (χ3v) is 3.59. The highest BCUT2D eigenvalue weighted by Gasteiger charge is 2.36. The van der Waals surface area contributed by atoms with Crippen molar-refractivity contribution in [2.75, 3.05) is 11.4 Å². The summed E-state index contributed by atoms with van der Waals surface area (Å²) >= 11 is 0. The third-order valence-electron chi connectivity index (χ3n) is 3.59. The monoisotopic (exact) mass is 350 g/mol. The third kappa shape index (κ3) is 4.69. The lowest BCUT2D eigenvalue weighted by atomic mass is 10.0. The van der Waals surface area contributed by atoms with E-state index in [1.54, 1.807) is 45.0 Å². The Morgan fingerprint density at radius 3 is 2.56 bits per heavy atom.